The van der Waals surface area contributed by atoms with Crippen LogP contribution in [0.3, 0.4) is 0 Å². The summed E-state index contributed by atoms with van der Waals surface area (Å²) in [6, 6.07) is 1.48. The Morgan fingerprint density at radius 3 is 2.95 bits per heavy atom. The number of halogens is 1. The second kappa shape index (κ2) is 7.33. The number of hydrogen-bond acceptors (Lipinski definition) is 3. The minimum Gasteiger partial charge on any atom is -0.396 e. The number of aliphatic hydroxyl groups excluding tert-OH is 1. The number of rotatable bonds is 5. The van der Waals surface area contributed by atoms with Crippen molar-refractivity contribution in [2.75, 3.05) is 6.61 Å². The van der Waals surface area contributed by atoms with Crippen LogP contribution >= 0.6 is 0 Å². The first-order valence-electron chi connectivity index (χ1n) is 7.18. The third-order valence-corrected chi connectivity index (χ3v) is 3.89. The fourth-order valence-electron chi connectivity index (χ4n) is 2.75. The largest absolute Gasteiger partial charge is 0.396 e. The Kier molecular flexibility index (Phi) is 5.47. The van der Waals surface area contributed by atoms with Gasteiger partial charge in [0.25, 0.3) is 0 Å². The summed E-state index contributed by atoms with van der Waals surface area (Å²) in [5, 5.41) is 12.3. The molecular formula is C15H21FN2O2. The minimum atomic E-state index is -0.379. The van der Waals surface area contributed by atoms with Crippen molar-refractivity contribution < 1.29 is 14.3 Å². The fraction of sp³-hybridized carbons (Fsp3) is 0.600. The van der Waals surface area contributed by atoms with Crippen molar-refractivity contribution in [3.63, 3.8) is 0 Å². The molecule has 2 unspecified atom stereocenters. The van der Waals surface area contributed by atoms with Crippen molar-refractivity contribution >= 4 is 5.91 Å². The molecule has 1 heterocycles. The van der Waals surface area contributed by atoms with E-state index >= 15 is 0 Å². The lowest BCUT2D eigenvalue weighted by molar-refractivity contribution is -0.122. The third kappa shape index (κ3) is 4.27. The van der Waals surface area contributed by atoms with Gasteiger partial charge in [-0.15, -0.1) is 0 Å². The molecule has 2 rings (SSSR count). The van der Waals surface area contributed by atoms with Gasteiger partial charge in [-0.1, -0.05) is 12.8 Å². The molecule has 1 aliphatic carbocycles. The molecule has 1 fully saturated rings. The molecule has 110 valence electrons. The van der Waals surface area contributed by atoms with E-state index < -0.39 is 0 Å². The maximum absolute atomic E-state index is 13.0. The lowest BCUT2D eigenvalue weighted by atomic mass is 9.85. The Hall–Kier alpha value is -1.49. The fourth-order valence-corrected chi connectivity index (χ4v) is 2.75. The van der Waals surface area contributed by atoms with Crippen LogP contribution in [-0.4, -0.2) is 28.6 Å². The summed E-state index contributed by atoms with van der Waals surface area (Å²) >= 11 is 0. The van der Waals surface area contributed by atoms with Crippen LogP contribution in [0.1, 0.15) is 37.7 Å². The zero-order chi connectivity index (χ0) is 14.4. The average molecular weight is 280 g/mol. The zero-order valence-corrected chi connectivity index (χ0v) is 11.5. The number of nitrogens with one attached hydrogen (secondary N) is 1. The molecule has 4 nitrogen and oxygen atoms in total. The van der Waals surface area contributed by atoms with Crippen LogP contribution < -0.4 is 5.32 Å². The van der Waals surface area contributed by atoms with Crippen LogP contribution in [0.5, 0.6) is 0 Å². The molecular weight excluding hydrogens is 259 g/mol. The van der Waals surface area contributed by atoms with Crippen LogP contribution in [-0.2, 0) is 11.2 Å². The third-order valence-electron chi connectivity index (χ3n) is 3.89. The van der Waals surface area contributed by atoms with Gasteiger partial charge in [0.05, 0.1) is 6.20 Å². The number of aliphatic hydroxyl groups is 1. The van der Waals surface area contributed by atoms with Crippen molar-refractivity contribution in [2.24, 2.45) is 5.92 Å². The summed E-state index contributed by atoms with van der Waals surface area (Å²) in [7, 11) is 0. The van der Waals surface area contributed by atoms with Gasteiger partial charge in [0.15, 0.2) is 0 Å². The molecule has 0 spiro atoms. The van der Waals surface area contributed by atoms with Crippen LogP contribution in [0, 0.1) is 11.7 Å². The van der Waals surface area contributed by atoms with Gasteiger partial charge in [0.2, 0.25) is 5.91 Å². The Balaban J connectivity index is 1.80. The highest BCUT2D eigenvalue weighted by atomic mass is 19.1. The normalized spacial score (nSPS) is 22.5. The highest BCUT2D eigenvalue weighted by molar-refractivity contribution is 5.76. The maximum atomic E-state index is 13.0. The monoisotopic (exact) mass is 280 g/mol. The Morgan fingerprint density at radius 2 is 2.20 bits per heavy atom. The van der Waals surface area contributed by atoms with Gasteiger partial charge >= 0.3 is 0 Å². The summed E-state index contributed by atoms with van der Waals surface area (Å²) in [6.45, 7) is 0.124. The number of pyridine rings is 1. The van der Waals surface area contributed by atoms with E-state index in [0.717, 1.165) is 37.4 Å². The highest BCUT2D eigenvalue weighted by Crippen LogP contribution is 2.24. The predicted molar refractivity (Wildman–Crippen MR) is 73.5 cm³/mol. The van der Waals surface area contributed by atoms with Crippen molar-refractivity contribution in [2.45, 2.75) is 44.6 Å². The number of nitrogens with zero attached hydrogens (tertiary/aromatic N) is 1. The van der Waals surface area contributed by atoms with Gasteiger partial charge in [-0.05, 0) is 30.9 Å². The smallest absolute Gasteiger partial charge is 0.220 e. The lowest BCUT2D eigenvalue weighted by Gasteiger charge is -2.30. The second-order valence-electron chi connectivity index (χ2n) is 5.41. The van der Waals surface area contributed by atoms with E-state index in [-0.39, 0.29) is 30.3 Å². The molecule has 2 N–H and O–H groups in total. The zero-order valence-electron chi connectivity index (χ0n) is 11.5. The molecule has 1 aromatic heterocycles. The molecule has 20 heavy (non-hydrogen) atoms. The van der Waals surface area contributed by atoms with Gasteiger partial charge in [0, 0.05) is 31.2 Å². The first-order valence-corrected chi connectivity index (χ1v) is 7.18. The summed E-state index contributed by atoms with van der Waals surface area (Å²) in [5.74, 6) is -0.251. The number of carbonyl (C=O) groups excluding carboxylic acids is 1. The number of aryl methyl sites for hydroxylation is 1. The molecule has 0 saturated heterocycles. The number of carbonyl (C=O) groups is 1. The van der Waals surface area contributed by atoms with Crippen molar-refractivity contribution in [3.05, 3.63) is 29.8 Å². The maximum Gasteiger partial charge on any atom is 0.220 e. The quantitative estimate of drug-likeness (QED) is 0.865. The SMILES string of the molecule is O=C(CCc1cncc(F)c1)NC1CCCCC1CO. The number of amides is 1. The molecule has 0 bridgehead atoms. The first kappa shape index (κ1) is 14.9. The molecule has 0 aromatic carbocycles. The molecule has 1 saturated carbocycles. The summed E-state index contributed by atoms with van der Waals surface area (Å²) < 4.78 is 13.0. The first-order chi connectivity index (χ1) is 9.69. The summed E-state index contributed by atoms with van der Waals surface area (Å²) in [6.07, 6.45) is 7.63. The van der Waals surface area contributed by atoms with Gasteiger partial charge in [-0.3, -0.25) is 9.78 Å². The van der Waals surface area contributed by atoms with Gasteiger partial charge in [0.1, 0.15) is 5.82 Å². The number of aromatic nitrogens is 1. The van der Waals surface area contributed by atoms with E-state index in [0.29, 0.717) is 12.8 Å². The van der Waals surface area contributed by atoms with E-state index in [9.17, 15) is 14.3 Å². The van der Waals surface area contributed by atoms with Gasteiger partial charge in [-0.25, -0.2) is 4.39 Å². The Morgan fingerprint density at radius 1 is 1.40 bits per heavy atom. The topological polar surface area (TPSA) is 62.2 Å². The van der Waals surface area contributed by atoms with Gasteiger partial charge in [-0.2, -0.15) is 0 Å². The lowest BCUT2D eigenvalue weighted by Crippen LogP contribution is -2.43. The summed E-state index contributed by atoms with van der Waals surface area (Å²) in [5.41, 5.74) is 0.725. The number of hydrogen-bond donors (Lipinski definition) is 2. The summed E-state index contributed by atoms with van der Waals surface area (Å²) in [4.78, 5) is 15.7. The van der Waals surface area contributed by atoms with E-state index in [1.165, 1.54) is 6.07 Å². The van der Waals surface area contributed by atoms with E-state index in [4.69, 9.17) is 0 Å². The molecule has 1 aliphatic rings. The van der Waals surface area contributed by atoms with Crippen LogP contribution in [0.25, 0.3) is 0 Å². The van der Waals surface area contributed by atoms with Crippen LogP contribution in [0.15, 0.2) is 18.5 Å². The molecule has 2 atom stereocenters. The van der Waals surface area contributed by atoms with E-state index in [1.54, 1.807) is 6.20 Å². The van der Waals surface area contributed by atoms with Gasteiger partial charge < -0.3 is 10.4 Å². The van der Waals surface area contributed by atoms with Crippen molar-refractivity contribution in [1.82, 2.24) is 10.3 Å². The second-order valence-corrected chi connectivity index (χ2v) is 5.41. The Bertz CT molecular complexity index is 453. The average Bonchev–Trinajstić information content (AvgIpc) is 2.46. The molecule has 5 heteroatoms. The van der Waals surface area contributed by atoms with Crippen molar-refractivity contribution in [3.8, 4) is 0 Å². The Labute approximate surface area is 118 Å². The molecule has 0 radical (unpaired) electrons. The predicted octanol–water partition coefficient (Wildman–Crippen LogP) is 1.82. The van der Waals surface area contributed by atoms with E-state index in [2.05, 4.69) is 10.3 Å². The molecule has 1 aromatic rings. The van der Waals surface area contributed by atoms with Crippen LogP contribution in [0.2, 0.25) is 0 Å². The molecule has 0 aliphatic heterocycles. The molecule has 1 amide bonds. The minimum absolute atomic E-state index is 0.0420. The van der Waals surface area contributed by atoms with Crippen molar-refractivity contribution in [1.29, 1.82) is 0 Å². The standard InChI is InChI=1S/C15H21FN2O2/c16-13-7-11(8-17-9-13)5-6-15(20)18-14-4-2-1-3-12(14)10-19/h7-9,12,14,19H,1-6,10H2,(H,18,20). The highest BCUT2D eigenvalue weighted by Gasteiger charge is 2.25. The van der Waals surface area contributed by atoms with E-state index in [1.807, 2.05) is 0 Å². The van der Waals surface area contributed by atoms with Crippen LogP contribution in [0.4, 0.5) is 4.39 Å².